The fourth-order valence-electron chi connectivity index (χ4n) is 2.16. The SMILES string of the molecule is O=S1(=O)C=C(COc2ccccc2F)c2ccc(O)cc21. The number of phenols is 1. The molecule has 2 aromatic carbocycles. The standard InChI is InChI=1S/C15H11FO4S/c16-13-3-1-2-4-14(13)20-8-10-9-21(18,19)15-7-11(17)5-6-12(10)15/h1-7,9,17H,8H2. The van der Waals surface area contributed by atoms with Crippen LogP contribution in [0.3, 0.4) is 0 Å². The number of fused-ring (bicyclic) bond motifs is 1. The van der Waals surface area contributed by atoms with E-state index in [9.17, 15) is 17.9 Å². The molecule has 0 saturated carbocycles. The third kappa shape index (κ3) is 2.50. The van der Waals surface area contributed by atoms with E-state index in [0.717, 1.165) is 5.41 Å². The average molecular weight is 306 g/mol. The van der Waals surface area contributed by atoms with Gasteiger partial charge in [0.15, 0.2) is 11.6 Å². The molecule has 1 heterocycles. The van der Waals surface area contributed by atoms with Crippen LogP contribution in [0, 0.1) is 5.82 Å². The molecule has 0 radical (unpaired) electrons. The molecule has 0 aliphatic carbocycles. The van der Waals surface area contributed by atoms with E-state index in [1.165, 1.54) is 30.3 Å². The van der Waals surface area contributed by atoms with Gasteiger partial charge in [-0.25, -0.2) is 12.8 Å². The molecule has 0 aromatic heterocycles. The molecule has 0 saturated heterocycles. The second kappa shape index (κ2) is 4.89. The molecule has 108 valence electrons. The van der Waals surface area contributed by atoms with Gasteiger partial charge in [-0.3, -0.25) is 0 Å². The van der Waals surface area contributed by atoms with Crippen molar-refractivity contribution in [1.29, 1.82) is 0 Å². The Bertz CT molecular complexity index is 841. The summed E-state index contributed by atoms with van der Waals surface area (Å²) in [4.78, 5) is 0.0367. The molecule has 0 amide bonds. The summed E-state index contributed by atoms with van der Waals surface area (Å²) in [6, 6.07) is 10.0. The van der Waals surface area contributed by atoms with Crippen LogP contribution in [0.1, 0.15) is 5.56 Å². The number of benzene rings is 2. The van der Waals surface area contributed by atoms with Crippen LogP contribution in [-0.4, -0.2) is 20.1 Å². The summed E-state index contributed by atoms with van der Waals surface area (Å²) < 4.78 is 42.8. The molecule has 0 atom stereocenters. The predicted octanol–water partition coefficient (Wildman–Crippen LogP) is 2.74. The number of phenolic OH excluding ortho intramolecular Hbond substituents is 1. The summed E-state index contributed by atoms with van der Waals surface area (Å²) in [5, 5.41) is 10.5. The first kappa shape index (κ1) is 13.6. The van der Waals surface area contributed by atoms with Crippen molar-refractivity contribution in [1.82, 2.24) is 0 Å². The van der Waals surface area contributed by atoms with Crippen molar-refractivity contribution in [3.05, 3.63) is 59.3 Å². The Kier molecular flexibility index (Phi) is 3.17. The maximum atomic E-state index is 13.5. The van der Waals surface area contributed by atoms with Crippen LogP contribution in [0.2, 0.25) is 0 Å². The average Bonchev–Trinajstić information content (AvgIpc) is 2.69. The molecule has 1 aliphatic rings. The number of aromatic hydroxyl groups is 1. The van der Waals surface area contributed by atoms with Gasteiger partial charge in [-0.2, -0.15) is 0 Å². The molecule has 0 bridgehead atoms. The summed E-state index contributed by atoms with van der Waals surface area (Å²) in [7, 11) is -3.59. The number of sulfone groups is 1. The summed E-state index contributed by atoms with van der Waals surface area (Å²) in [5.41, 5.74) is 0.886. The zero-order valence-corrected chi connectivity index (χ0v) is 11.6. The van der Waals surface area contributed by atoms with Gasteiger partial charge in [-0.15, -0.1) is 0 Å². The lowest BCUT2D eigenvalue weighted by Gasteiger charge is -2.08. The quantitative estimate of drug-likeness (QED) is 0.947. The highest BCUT2D eigenvalue weighted by Gasteiger charge is 2.27. The minimum absolute atomic E-state index is 0.0367. The van der Waals surface area contributed by atoms with Crippen molar-refractivity contribution in [3.8, 4) is 11.5 Å². The highest BCUT2D eigenvalue weighted by atomic mass is 32.2. The molecule has 0 unspecified atom stereocenters. The fourth-order valence-corrected chi connectivity index (χ4v) is 3.64. The van der Waals surface area contributed by atoms with Gasteiger partial charge in [0.2, 0.25) is 9.84 Å². The first-order valence-corrected chi connectivity index (χ1v) is 7.68. The van der Waals surface area contributed by atoms with E-state index in [0.29, 0.717) is 11.1 Å². The normalized spacial score (nSPS) is 15.4. The first-order valence-electron chi connectivity index (χ1n) is 6.14. The Balaban J connectivity index is 1.90. The van der Waals surface area contributed by atoms with Gasteiger partial charge in [0.05, 0.1) is 4.90 Å². The van der Waals surface area contributed by atoms with Crippen LogP contribution in [0.25, 0.3) is 5.57 Å². The van der Waals surface area contributed by atoms with Gasteiger partial charge in [-0.1, -0.05) is 12.1 Å². The molecule has 0 spiro atoms. The Morgan fingerprint density at radius 3 is 2.67 bits per heavy atom. The van der Waals surface area contributed by atoms with E-state index in [-0.39, 0.29) is 23.0 Å². The number of rotatable bonds is 3. The highest BCUT2D eigenvalue weighted by Crippen LogP contribution is 2.35. The van der Waals surface area contributed by atoms with Gasteiger partial charge in [0.1, 0.15) is 12.4 Å². The van der Waals surface area contributed by atoms with Gasteiger partial charge in [-0.05, 0) is 30.3 Å². The van der Waals surface area contributed by atoms with Crippen LogP contribution in [-0.2, 0) is 9.84 Å². The molecule has 1 aliphatic heterocycles. The van der Waals surface area contributed by atoms with Crippen molar-refractivity contribution in [2.75, 3.05) is 6.61 Å². The second-order valence-electron chi connectivity index (χ2n) is 4.59. The van der Waals surface area contributed by atoms with E-state index >= 15 is 0 Å². The highest BCUT2D eigenvalue weighted by molar-refractivity contribution is 7.95. The van der Waals surface area contributed by atoms with E-state index in [2.05, 4.69) is 0 Å². The summed E-state index contributed by atoms with van der Waals surface area (Å²) in [5.74, 6) is -0.574. The maximum absolute atomic E-state index is 13.5. The maximum Gasteiger partial charge on any atom is 0.200 e. The molecule has 2 aromatic rings. The Morgan fingerprint density at radius 1 is 1.14 bits per heavy atom. The van der Waals surface area contributed by atoms with Crippen LogP contribution < -0.4 is 4.74 Å². The van der Waals surface area contributed by atoms with Crippen molar-refractivity contribution >= 4 is 15.4 Å². The van der Waals surface area contributed by atoms with Crippen LogP contribution in [0.5, 0.6) is 11.5 Å². The molecular weight excluding hydrogens is 295 g/mol. The number of halogens is 1. The van der Waals surface area contributed by atoms with E-state index < -0.39 is 15.7 Å². The molecule has 6 heteroatoms. The minimum atomic E-state index is -3.59. The lowest BCUT2D eigenvalue weighted by Crippen LogP contribution is -2.01. The van der Waals surface area contributed by atoms with Crippen molar-refractivity contribution in [2.24, 2.45) is 0 Å². The Labute approximate surface area is 121 Å². The zero-order chi connectivity index (χ0) is 15.0. The van der Waals surface area contributed by atoms with Crippen LogP contribution >= 0.6 is 0 Å². The summed E-state index contributed by atoms with van der Waals surface area (Å²) >= 11 is 0. The van der Waals surface area contributed by atoms with Crippen molar-refractivity contribution in [2.45, 2.75) is 4.90 Å². The molecule has 3 rings (SSSR count). The third-order valence-electron chi connectivity index (χ3n) is 3.13. The number of hydrogen-bond acceptors (Lipinski definition) is 4. The number of para-hydroxylation sites is 1. The van der Waals surface area contributed by atoms with E-state index in [1.54, 1.807) is 12.1 Å². The van der Waals surface area contributed by atoms with E-state index in [4.69, 9.17) is 4.74 Å². The number of hydrogen-bond donors (Lipinski definition) is 1. The minimum Gasteiger partial charge on any atom is -0.508 e. The van der Waals surface area contributed by atoms with Gasteiger partial charge in [0, 0.05) is 16.5 Å². The molecular formula is C15H11FO4S. The summed E-state index contributed by atoms with van der Waals surface area (Å²) in [6.45, 7) is -0.0715. The lowest BCUT2D eigenvalue weighted by molar-refractivity contribution is 0.348. The largest absolute Gasteiger partial charge is 0.508 e. The third-order valence-corrected chi connectivity index (χ3v) is 4.68. The topological polar surface area (TPSA) is 63.6 Å². The van der Waals surface area contributed by atoms with Crippen LogP contribution in [0.4, 0.5) is 4.39 Å². The fraction of sp³-hybridized carbons (Fsp3) is 0.0667. The zero-order valence-electron chi connectivity index (χ0n) is 10.8. The molecule has 1 N–H and O–H groups in total. The van der Waals surface area contributed by atoms with Gasteiger partial charge in [0.25, 0.3) is 0 Å². The van der Waals surface area contributed by atoms with Gasteiger partial charge < -0.3 is 9.84 Å². The summed E-state index contributed by atoms with van der Waals surface area (Å²) in [6.07, 6.45) is 0. The van der Waals surface area contributed by atoms with Gasteiger partial charge >= 0.3 is 0 Å². The van der Waals surface area contributed by atoms with Crippen LogP contribution in [0.15, 0.2) is 52.8 Å². The van der Waals surface area contributed by atoms with Crippen molar-refractivity contribution < 1.29 is 22.7 Å². The predicted molar refractivity (Wildman–Crippen MR) is 75.2 cm³/mol. The van der Waals surface area contributed by atoms with E-state index in [1.807, 2.05) is 0 Å². The first-order chi connectivity index (χ1) is 9.97. The smallest absolute Gasteiger partial charge is 0.200 e. The second-order valence-corrected chi connectivity index (χ2v) is 6.35. The van der Waals surface area contributed by atoms with Crippen molar-refractivity contribution in [3.63, 3.8) is 0 Å². The molecule has 21 heavy (non-hydrogen) atoms. The lowest BCUT2D eigenvalue weighted by atomic mass is 10.1. The molecule has 4 nitrogen and oxygen atoms in total. The Morgan fingerprint density at radius 2 is 1.90 bits per heavy atom. The molecule has 0 fully saturated rings. The number of ether oxygens (including phenoxy) is 1. The monoisotopic (exact) mass is 306 g/mol. The Hall–Kier alpha value is -2.34.